The molecular weight excluding hydrogens is 253 g/mol. The Bertz CT molecular complexity index is 380. The van der Waals surface area contributed by atoms with Crippen molar-refractivity contribution in [2.75, 3.05) is 52.1 Å². The molecule has 0 heterocycles. The highest BCUT2D eigenvalue weighted by Crippen LogP contribution is 2.08. The van der Waals surface area contributed by atoms with E-state index in [9.17, 15) is 4.39 Å². The molecule has 0 atom stereocenters. The van der Waals surface area contributed by atoms with Gasteiger partial charge in [0.05, 0.1) is 0 Å². The molecule has 0 unspecified atom stereocenters. The molecule has 0 saturated heterocycles. The monoisotopic (exact) mass is 281 g/mol. The van der Waals surface area contributed by atoms with Crippen LogP contribution in [0.25, 0.3) is 0 Å². The summed E-state index contributed by atoms with van der Waals surface area (Å²) in [6.07, 6.45) is 0. The Kier molecular flexibility index (Phi) is 7.55. The van der Waals surface area contributed by atoms with Crippen molar-refractivity contribution in [2.45, 2.75) is 13.8 Å². The lowest BCUT2D eigenvalue weighted by atomic mass is 10.2. The van der Waals surface area contributed by atoms with Gasteiger partial charge in [-0.1, -0.05) is 19.9 Å². The van der Waals surface area contributed by atoms with E-state index >= 15 is 0 Å². The van der Waals surface area contributed by atoms with Crippen molar-refractivity contribution in [1.29, 1.82) is 0 Å². The van der Waals surface area contributed by atoms with E-state index in [1.807, 2.05) is 6.07 Å². The summed E-state index contributed by atoms with van der Waals surface area (Å²) in [4.78, 5) is 4.66. The van der Waals surface area contributed by atoms with Gasteiger partial charge in [-0.15, -0.1) is 0 Å². The Morgan fingerprint density at radius 3 is 2.50 bits per heavy atom. The highest BCUT2D eigenvalue weighted by Gasteiger charge is 2.07. The first-order valence-corrected chi connectivity index (χ1v) is 7.34. The van der Waals surface area contributed by atoms with Gasteiger partial charge in [-0.2, -0.15) is 0 Å². The molecule has 0 aliphatic carbocycles. The number of nitrogens with one attached hydrogen (secondary N) is 1. The first kappa shape index (κ1) is 16.9. The summed E-state index contributed by atoms with van der Waals surface area (Å²) in [6.45, 7) is 9.51. The third-order valence-electron chi connectivity index (χ3n) is 3.07. The molecule has 0 amide bonds. The predicted octanol–water partition coefficient (Wildman–Crippen LogP) is 2.76. The van der Waals surface area contributed by atoms with Gasteiger partial charge in [0.2, 0.25) is 0 Å². The lowest BCUT2D eigenvalue weighted by Crippen LogP contribution is -2.37. The van der Waals surface area contributed by atoms with Crippen LogP contribution in [0, 0.1) is 11.7 Å². The maximum absolute atomic E-state index is 13.1. The second-order valence-electron chi connectivity index (χ2n) is 5.93. The van der Waals surface area contributed by atoms with E-state index in [0.717, 1.165) is 38.4 Å². The van der Waals surface area contributed by atoms with Crippen molar-refractivity contribution < 1.29 is 4.39 Å². The van der Waals surface area contributed by atoms with Crippen molar-refractivity contribution in [1.82, 2.24) is 9.80 Å². The molecular formula is C16H28FN3. The lowest BCUT2D eigenvalue weighted by molar-refractivity contribution is 0.226. The van der Waals surface area contributed by atoms with Gasteiger partial charge >= 0.3 is 0 Å². The summed E-state index contributed by atoms with van der Waals surface area (Å²) in [7, 11) is 4.19. The molecule has 1 aromatic carbocycles. The molecule has 1 aromatic rings. The van der Waals surface area contributed by atoms with Crippen LogP contribution in [0.15, 0.2) is 24.3 Å². The Hall–Kier alpha value is -1.13. The van der Waals surface area contributed by atoms with E-state index in [0.29, 0.717) is 5.92 Å². The molecule has 0 aliphatic heterocycles. The fourth-order valence-corrected chi connectivity index (χ4v) is 2.11. The van der Waals surface area contributed by atoms with Crippen LogP contribution in [0.4, 0.5) is 10.1 Å². The highest BCUT2D eigenvalue weighted by atomic mass is 19.1. The summed E-state index contributed by atoms with van der Waals surface area (Å²) in [5.41, 5.74) is 0.849. The summed E-state index contributed by atoms with van der Waals surface area (Å²) in [6, 6.07) is 6.63. The van der Waals surface area contributed by atoms with Crippen molar-refractivity contribution in [2.24, 2.45) is 5.92 Å². The minimum absolute atomic E-state index is 0.193. The number of hydrogen-bond acceptors (Lipinski definition) is 3. The minimum Gasteiger partial charge on any atom is -0.384 e. The molecule has 20 heavy (non-hydrogen) atoms. The minimum atomic E-state index is -0.193. The standard InChI is InChI=1S/C16H28FN3/c1-14(2)13-20(11-10-19(3)4)9-8-18-16-7-5-6-15(17)12-16/h5-7,12,14,18H,8-11,13H2,1-4H3. The van der Waals surface area contributed by atoms with Gasteiger partial charge in [-0.05, 0) is 38.2 Å². The largest absolute Gasteiger partial charge is 0.384 e. The molecule has 3 nitrogen and oxygen atoms in total. The fraction of sp³-hybridized carbons (Fsp3) is 0.625. The summed E-state index contributed by atoms with van der Waals surface area (Å²) in [5, 5.41) is 3.28. The molecule has 1 N–H and O–H groups in total. The van der Waals surface area contributed by atoms with Crippen molar-refractivity contribution in [3.05, 3.63) is 30.1 Å². The van der Waals surface area contributed by atoms with Crippen molar-refractivity contribution in [3.8, 4) is 0 Å². The quantitative estimate of drug-likeness (QED) is 0.751. The zero-order valence-corrected chi connectivity index (χ0v) is 13.2. The zero-order valence-electron chi connectivity index (χ0n) is 13.2. The molecule has 0 aliphatic rings. The van der Waals surface area contributed by atoms with Crippen LogP contribution in [0.5, 0.6) is 0 Å². The topological polar surface area (TPSA) is 18.5 Å². The van der Waals surface area contributed by atoms with Crippen LogP contribution in [-0.4, -0.2) is 56.6 Å². The van der Waals surface area contributed by atoms with Crippen LogP contribution in [0.1, 0.15) is 13.8 Å². The Morgan fingerprint density at radius 2 is 1.90 bits per heavy atom. The first-order valence-electron chi connectivity index (χ1n) is 7.34. The second kappa shape index (κ2) is 8.93. The molecule has 0 aromatic heterocycles. The number of nitrogens with zero attached hydrogens (tertiary/aromatic N) is 2. The number of benzene rings is 1. The molecule has 0 spiro atoms. The van der Waals surface area contributed by atoms with Crippen molar-refractivity contribution in [3.63, 3.8) is 0 Å². The Morgan fingerprint density at radius 1 is 1.15 bits per heavy atom. The molecule has 0 fully saturated rings. The summed E-state index contributed by atoms with van der Waals surface area (Å²) in [5.74, 6) is 0.466. The molecule has 0 saturated carbocycles. The van der Waals surface area contributed by atoms with Gasteiger partial charge in [0, 0.05) is 38.4 Å². The number of hydrogen-bond donors (Lipinski definition) is 1. The van der Waals surface area contributed by atoms with E-state index < -0.39 is 0 Å². The number of rotatable bonds is 9. The average molecular weight is 281 g/mol. The van der Waals surface area contributed by atoms with Crippen LogP contribution in [0.3, 0.4) is 0 Å². The Labute approximate surface area is 122 Å². The third kappa shape index (κ3) is 7.46. The molecule has 4 heteroatoms. The summed E-state index contributed by atoms with van der Waals surface area (Å²) >= 11 is 0. The average Bonchev–Trinajstić information content (AvgIpc) is 2.35. The lowest BCUT2D eigenvalue weighted by Gasteiger charge is -2.26. The molecule has 0 bridgehead atoms. The van der Waals surface area contributed by atoms with Gasteiger partial charge in [0.1, 0.15) is 5.82 Å². The zero-order chi connectivity index (χ0) is 15.0. The number of halogens is 1. The van der Waals surface area contributed by atoms with Gasteiger partial charge in [-0.25, -0.2) is 4.39 Å². The number of likely N-dealkylation sites (N-methyl/N-ethyl adjacent to an activating group) is 1. The fourth-order valence-electron chi connectivity index (χ4n) is 2.11. The first-order chi connectivity index (χ1) is 9.47. The Balaban J connectivity index is 2.37. The maximum Gasteiger partial charge on any atom is 0.125 e. The van der Waals surface area contributed by atoms with E-state index in [4.69, 9.17) is 0 Å². The maximum atomic E-state index is 13.1. The van der Waals surface area contributed by atoms with E-state index in [1.54, 1.807) is 6.07 Å². The summed E-state index contributed by atoms with van der Waals surface area (Å²) < 4.78 is 13.1. The molecule has 0 radical (unpaired) electrons. The van der Waals surface area contributed by atoms with Gasteiger partial charge in [-0.3, -0.25) is 0 Å². The predicted molar refractivity (Wildman–Crippen MR) is 84.7 cm³/mol. The molecule has 1 rings (SSSR count). The van der Waals surface area contributed by atoms with E-state index in [-0.39, 0.29) is 5.82 Å². The van der Waals surface area contributed by atoms with Crippen LogP contribution < -0.4 is 5.32 Å². The van der Waals surface area contributed by atoms with Gasteiger partial charge < -0.3 is 15.1 Å². The van der Waals surface area contributed by atoms with E-state index in [1.165, 1.54) is 12.1 Å². The number of anilines is 1. The second-order valence-corrected chi connectivity index (χ2v) is 5.93. The van der Waals surface area contributed by atoms with Crippen molar-refractivity contribution >= 4 is 5.69 Å². The normalized spacial score (nSPS) is 11.6. The SMILES string of the molecule is CC(C)CN(CCNc1cccc(F)c1)CCN(C)C. The van der Waals surface area contributed by atoms with Gasteiger partial charge in [0.25, 0.3) is 0 Å². The van der Waals surface area contributed by atoms with E-state index in [2.05, 4.69) is 43.1 Å². The van der Waals surface area contributed by atoms with Crippen LogP contribution in [-0.2, 0) is 0 Å². The molecule has 114 valence electrons. The highest BCUT2D eigenvalue weighted by molar-refractivity contribution is 5.42. The smallest absolute Gasteiger partial charge is 0.125 e. The van der Waals surface area contributed by atoms with Crippen LogP contribution in [0.2, 0.25) is 0 Å². The van der Waals surface area contributed by atoms with Crippen LogP contribution >= 0.6 is 0 Å². The third-order valence-corrected chi connectivity index (χ3v) is 3.07. The van der Waals surface area contributed by atoms with Gasteiger partial charge in [0.15, 0.2) is 0 Å².